The van der Waals surface area contributed by atoms with E-state index in [1.165, 1.54) is 18.2 Å². The van der Waals surface area contributed by atoms with Gasteiger partial charge < -0.3 is 5.32 Å². The van der Waals surface area contributed by atoms with Gasteiger partial charge in [0.15, 0.2) is 11.6 Å². The van der Waals surface area contributed by atoms with Gasteiger partial charge in [-0.25, -0.2) is 19.0 Å². The van der Waals surface area contributed by atoms with E-state index in [1.807, 2.05) is 0 Å². The molecule has 1 unspecified atom stereocenters. The van der Waals surface area contributed by atoms with Gasteiger partial charge in [0, 0.05) is 5.39 Å². The fourth-order valence-corrected chi connectivity index (χ4v) is 3.06. The van der Waals surface area contributed by atoms with E-state index in [0.717, 1.165) is 24.1 Å². The maximum atomic E-state index is 13.5. The number of anilines is 1. The molecule has 29 heavy (non-hydrogen) atoms. The van der Waals surface area contributed by atoms with Crippen LogP contribution in [-0.4, -0.2) is 31.8 Å². The van der Waals surface area contributed by atoms with Crippen molar-refractivity contribution in [3.8, 4) is 0 Å². The first-order chi connectivity index (χ1) is 13.6. The van der Waals surface area contributed by atoms with Gasteiger partial charge in [0.2, 0.25) is 5.91 Å². The zero-order chi connectivity index (χ0) is 21.3. The second-order valence-electron chi connectivity index (χ2n) is 6.09. The molecular formula is C17H12BrF4N5O2. The topological polar surface area (TPSA) is 89.8 Å². The Hall–Kier alpha value is -2.89. The van der Waals surface area contributed by atoms with Crippen molar-refractivity contribution in [2.75, 3.05) is 5.32 Å². The van der Waals surface area contributed by atoms with E-state index >= 15 is 0 Å². The Kier molecular flexibility index (Phi) is 5.64. The molecule has 2 aromatic heterocycles. The summed E-state index contributed by atoms with van der Waals surface area (Å²) in [6.45, 7) is 0.456. The van der Waals surface area contributed by atoms with Gasteiger partial charge in [-0.1, -0.05) is 6.07 Å². The Morgan fingerprint density at radius 2 is 2.03 bits per heavy atom. The predicted molar refractivity (Wildman–Crippen MR) is 98.8 cm³/mol. The molecule has 1 aromatic carbocycles. The lowest BCUT2D eigenvalue weighted by Crippen LogP contribution is -2.30. The quantitative estimate of drug-likeness (QED) is 0.586. The van der Waals surface area contributed by atoms with Crippen molar-refractivity contribution in [3.63, 3.8) is 0 Å². The van der Waals surface area contributed by atoms with Crippen LogP contribution in [0.1, 0.15) is 18.4 Å². The molecule has 0 bridgehead atoms. The molecule has 2 heterocycles. The van der Waals surface area contributed by atoms with Crippen molar-refractivity contribution in [1.82, 2.24) is 19.7 Å². The number of nitrogens with one attached hydrogen (secondary N) is 1. The number of halogens is 5. The van der Waals surface area contributed by atoms with E-state index in [-0.39, 0.29) is 26.8 Å². The number of hydrogen-bond donors (Lipinski definition) is 1. The van der Waals surface area contributed by atoms with E-state index in [0.29, 0.717) is 0 Å². The zero-order valence-electron chi connectivity index (χ0n) is 14.7. The van der Waals surface area contributed by atoms with Crippen LogP contribution in [0.25, 0.3) is 10.8 Å². The summed E-state index contributed by atoms with van der Waals surface area (Å²) in [7, 11) is 0. The fraction of sp³-hybridized carbons (Fsp3) is 0.235. The summed E-state index contributed by atoms with van der Waals surface area (Å²) >= 11 is 3.12. The molecule has 0 fully saturated rings. The average molecular weight is 474 g/mol. The average Bonchev–Trinajstić information content (AvgIpc) is 2.66. The second-order valence-corrected chi connectivity index (χ2v) is 6.84. The number of fused-ring (bicyclic) bond motifs is 1. The van der Waals surface area contributed by atoms with Crippen LogP contribution in [0.15, 0.2) is 40.1 Å². The fourth-order valence-electron chi connectivity index (χ4n) is 2.54. The number of amides is 1. The third-order valence-electron chi connectivity index (χ3n) is 4.15. The molecule has 0 aliphatic carbocycles. The number of carbonyl (C=O) groups is 1. The summed E-state index contributed by atoms with van der Waals surface area (Å²) in [6, 6.07) is 3.68. The SMILES string of the molecule is CC(c1ccc2c(=O)n(CC(=O)Nc3ncncc3F)nc(Br)c2c1)C(F)(F)F. The minimum Gasteiger partial charge on any atom is -0.307 e. The van der Waals surface area contributed by atoms with Crippen LogP contribution in [0, 0.1) is 5.82 Å². The van der Waals surface area contributed by atoms with E-state index in [9.17, 15) is 27.2 Å². The van der Waals surface area contributed by atoms with E-state index < -0.39 is 35.9 Å². The summed E-state index contributed by atoms with van der Waals surface area (Å²) in [4.78, 5) is 31.7. The van der Waals surface area contributed by atoms with Crippen LogP contribution < -0.4 is 10.9 Å². The van der Waals surface area contributed by atoms with E-state index in [1.54, 1.807) is 0 Å². The van der Waals surface area contributed by atoms with Gasteiger partial charge >= 0.3 is 6.18 Å². The highest BCUT2D eigenvalue weighted by atomic mass is 79.9. The smallest absolute Gasteiger partial charge is 0.307 e. The number of aromatic nitrogens is 4. The molecule has 0 aliphatic rings. The Labute approximate surface area is 168 Å². The highest BCUT2D eigenvalue weighted by Crippen LogP contribution is 2.35. The number of rotatable bonds is 4. The molecule has 7 nitrogen and oxygen atoms in total. The van der Waals surface area contributed by atoms with Gasteiger partial charge in [-0.3, -0.25) is 9.59 Å². The number of carbonyl (C=O) groups excluding carboxylic acids is 1. The first-order valence-electron chi connectivity index (χ1n) is 8.10. The van der Waals surface area contributed by atoms with Crippen LogP contribution in [0.4, 0.5) is 23.4 Å². The van der Waals surface area contributed by atoms with Crippen LogP contribution in [0.3, 0.4) is 0 Å². The summed E-state index contributed by atoms with van der Waals surface area (Å²) in [5.74, 6) is -3.71. The Morgan fingerprint density at radius 3 is 2.69 bits per heavy atom. The number of nitrogens with zero attached hydrogens (tertiary/aromatic N) is 4. The molecule has 12 heteroatoms. The number of alkyl halides is 3. The summed E-state index contributed by atoms with van der Waals surface area (Å²) in [6.07, 6.45) is -2.54. The van der Waals surface area contributed by atoms with E-state index in [4.69, 9.17) is 0 Å². The van der Waals surface area contributed by atoms with Crippen LogP contribution in [-0.2, 0) is 11.3 Å². The van der Waals surface area contributed by atoms with Gasteiger partial charge in [-0.2, -0.15) is 18.3 Å². The molecule has 152 valence electrons. The third kappa shape index (κ3) is 4.42. The summed E-state index contributed by atoms with van der Waals surface area (Å²) in [5.41, 5.74) is -0.714. The Bertz CT molecular complexity index is 1150. The third-order valence-corrected chi connectivity index (χ3v) is 4.73. The second kappa shape index (κ2) is 7.85. The van der Waals surface area contributed by atoms with Crippen molar-refractivity contribution in [1.29, 1.82) is 0 Å². The van der Waals surface area contributed by atoms with Gasteiger partial charge in [0.05, 0.1) is 17.5 Å². The highest BCUT2D eigenvalue weighted by molar-refractivity contribution is 9.10. The molecule has 0 saturated heterocycles. The van der Waals surface area contributed by atoms with Crippen molar-refractivity contribution >= 4 is 38.4 Å². The molecule has 3 aromatic rings. The van der Waals surface area contributed by atoms with Crippen molar-refractivity contribution in [2.24, 2.45) is 0 Å². The minimum atomic E-state index is -4.43. The first kappa shape index (κ1) is 20.8. The van der Waals surface area contributed by atoms with Crippen LogP contribution in [0.2, 0.25) is 0 Å². The highest BCUT2D eigenvalue weighted by Gasteiger charge is 2.37. The molecular weight excluding hydrogens is 462 g/mol. The standard InChI is InChI=1S/C17H12BrF4N5O2/c1-8(17(20,21)22)9-2-3-10-11(4-9)14(18)26-27(16(10)29)6-13(28)25-15-12(19)5-23-7-24-15/h2-5,7-8H,6H2,1H3,(H,23,24,25,28). The first-order valence-corrected chi connectivity index (χ1v) is 8.89. The van der Waals surface area contributed by atoms with Crippen LogP contribution >= 0.6 is 15.9 Å². The molecule has 0 spiro atoms. The molecule has 1 amide bonds. The molecule has 0 aliphatic heterocycles. The molecule has 1 atom stereocenters. The lowest BCUT2D eigenvalue weighted by molar-refractivity contribution is -0.146. The monoisotopic (exact) mass is 473 g/mol. The lowest BCUT2D eigenvalue weighted by Gasteiger charge is -2.16. The molecule has 1 N–H and O–H groups in total. The Balaban J connectivity index is 1.92. The van der Waals surface area contributed by atoms with Crippen LogP contribution in [0.5, 0.6) is 0 Å². The molecule has 0 radical (unpaired) electrons. The van der Waals surface area contributed by atoms with E-state index in [2.05, 4.69) is 36.3 Å². The van der Waals surface area contributed by atoms with Gasteiger partial charge in [0.25, 0.3) is 5.56 Å². The minimum absolute atomic E-state index is 0.0263. The predicted octanol–water partition coefficient (Wildman–Crippen LogP) is 3.39. The number of benzene rings is 1. The van der Waals surface area contributed by atoms with Crippen molar-refractivity contribution in [2.45, 2.75) is 25.6 Å². The lowest BCUT2D eigenvalue weighted by atomic mass is 9.98. The maximum absolute atomic E-state index is 13.5. The Morgan fingerprint density at radius 1 is 1.31 bits per heavy atom. The van der Waals surface area contributed by atoms with Gasteiger partial charge in [0.1, 0.15) is 17.5 Å². The number of hydrogen-bond acceptors (Lipinski definition) is 5. The normalized spacial score (nSPS) is 12.8. The van der Waals surface area contributed by atoms with Crippen molar-refractivity contribution in [3.05, 3.63) is 57.1 Å². The molecule has 3 rings (SSSR count). The molecule has 0 saturated carbocycles. The summed E-state index contributed by atoms with van der Waals surface area (Å²) < 4.78 is 53.3. The van der Waals surface area contributed by atoms with Crippen molar-refractivity contribution < 1.29 is 22.4 Å². The van der Waals surface area contributed by atoms with Gasteiger partial charge in [-0.05, 0) is 40.5 Å². The van der Waals surface area contributed by atoms with Gasteiger partial charge in [-0.15, -0.1) is 0 Å². The summed E-state index contributed by atoms with van der Waals surface area (Å²) in [5, 5.41) is 6.37. The maximum Gasteiger partial charge on any atom is 0.395 e. The zero-order valence-corrected chi connectivity index (χ0v) is 16.3. The largest absolute Gasteiger partial charge is 0.395 e.